The number of Topliss-reactive ketones (excluding diaryl/α,β-unsaturated/α-hetero) is 1. The third kappa shape index (κ3) is 7.68. The predicted molar refractivity (Wildman–Crippen MR) is 106 cm³/mol. The van der Waals surface area contributed by atoms with Crippen LogP contribution >= 0.6 is 0 Å². The van der Waals surface area contributed by atoms with Crippen LogP contribution in [0.5, 0.6) is 0 Å². The Bertz CT molecular complexity index is 676. The number of anilines is 1. The van der Waals surface area contributed by atoms with E-state index in [-0.39, 0.29) is 12.3 Å². The summed E-state index contributed by atoms with van der Waals surface area (Å²) in [5.41, 5.74) is -0.144. The van der Waals surface area contributed by atoms with Crippen molar-refractivity contribution in [3.05, 3.63) is 29.8 Å². The van der Waals surface area contributed by atoms with E-state index < -0.39 is 23.3 Å². The van der Waals surface area contributed by atoms with E-state index in [0.29, 0.717) is 24.1 Å². The SMILES string of the molecule is CCC(CC)(CNC(=O)OC(C)(C)C)NC(=O)Nc1cccc(C(C)=O)c1. The number of amides is 3. The molecule has 1 rings (SSSR count). The van der Waals surface area contributed by atoms with Crippen LogP contribution in [0.4, 0.5) is 15.3 Å². The highest BCUT2D eigenvalue weighted by Gasteiger charge is 2.29. The fourth-order valence-electron chi connectivity index (χ4n) is 2.50. The summed E-state index contributed by atoms with van der Waals surface area (Å²) in [6.07, 6.45) is 0.727. The van der Waals surface area contributed by atoms with Crippen LogP contribution in [-0.2, 0) is 4.74 Å². The molecular weight excluding hydrogens is 346 g/mol. The van der Waals surface area contributed by atoms with Crippen molar-refractivity contribution < 1.29 is 19.1 Å². The number of rotatable bonds is 7. The van der Waals surface area contributed by atoms with Crippen molar-refractivity contribution in [1.29, 1.82) is 0 Å². The number of ether oxygens (including phenoxy) is 1. The Labute approximate surface area is 161 Å². The highest BCUT2D eigenvalue weighted by molar-refractivity contribution is 5.96. The van der Waals surface area contributed by atoms with Gasteiger partial charge in [-0.3, -0.25) is 4.79 Å². The second kappa shape index (κ2) is 9.39. The molecule has 0 aliphatic heterocycles. The quantitative estimate of drug-likeness (QED) is 0.623. The molecule has 1 aromatic rings. The molecule has 0 fully saturated rings. The molecule has 7 nitrogen and oxygen atoms in total. The molecule has 0 aliphatic rings. The normalized spacial score (nSPS) is 11.5. The van der Waals surface area contributed by atoms with E-state index in [1.165, 1.54) is 6.92 Å². The van der Waals surface area contributed by atoms with Gasteiger partial charge in [-0.2, -0.15) is 0 Å². The van der Waals surface area contributed by atoms with Gasteiger partial charge in [0.15, 0.2) is 5.78 Å². The molecule has 0 unspecified atom stereocenters. The standard InChI is InChI=1S/C20H31N3O4/c1-7-20(8-2,13-21-18(26)27-19(4,5)6)23-17(25)22-16-11-9-10-15(12-16)14(3)24/h9-12H,7-8,13H2,1-6H3,(H,21,26)(H2,22,23,25). The van der Waals surface area contributed by atoms with Gasteiger partial charge < -0.3 is 20.7 Å². The molecule has 0 aliphatic carbocycles. The van der Waals surface area contributed by atoms with E-state index in [2.05, 4.69) is 16.0 Å². The Morgan fingerprint density at radius 2 is 1.70 bits per heavy atom. The summed E-state index contributed by atoms with van der Waals surface area (Å²) in [5, 5.41) is 8.41. The van der Waals surface area contributed by atoms with Crippen molar-refractivity contribution in [2.75, 3.05) is 11.9 Å². The van der Waals surface area contributed by atoms with Gasteiger partial charge >= 0.3 is 12.1 Å². The van der Waals surface area contributed by atoms with Crippen molar-refractivity contribution in [1.82, 2.24) is 10.6 Å². The van der Waals surface area contributed by atoms with Crippen LogP contribution < -0.4 is 16.0 Å². The summed E-state index contributed by atoms with van der Waals surface area (Å²) in [6.45, 7) is 11.0. The van der Waals surface area contributed by atoms with Crippen LogP contribution in [0.3, 0.4) is 0 Å². The lowest BCUT2D eigenvalue weighted by molar-refractivity contribution is 0.0508. The molecule has 3 N–H and O–H groups in total. The van der Waals surface area contributed by atoms with Gasteiger partial charge in [-0.1, -0.05) is 26.0 Å². The zero-order chi connectivity index (χ0) is 20.7. The Balaban J connectivity index is 2.74. The van der Waals surface area contributed by atoms with E-state index in [1.807, 2.05) is 13.8 Å². The molecule has 7 heteroatoms. The van der Waals surface area contributed by atoms with Gasteiger partial charge in [0.25, 0.3) is 0 Å². The van der Waals surface area contributed by atoms with Crippen LogP contribution in [-0.4, -0.2) is 35.6 Å². The number of ketones is 1. The van der Waals surface area contributed by atoms with Gasteiger partial charge in [0.1, 0.15) is 5.60 Å². The van der Waals surface area contributed by atoms with E-state index in [4.69, 9.17) is 4.74 Å². The van der Waals surface area contributed by atoms with Crippen molar-refractivity contribution >= 4 is 23.6 Å². The molecule has 0 heterocycles. The van der Waals surface area contributed by atoms with Crippen molar-refractivity contribution in [2.24, 2.45) is 0 Å². The van der Waals surface area contributed by atoms with Gasteiger partial charge in [-0.15, -0.1) is 0 Å². The van der Waals surface area contributed by atoms with Crippen LogP contribution in [0.25, 0.3) is 0 Å². The fourth-order valence-corrected chi connectivity index (χ4v) is 2.50. The fraction of sp³-hybridized carbons (Fsp3) is 0.550. The first-order valence-corrected chi connectivity index (χ1v) is 9.17. The molecule has 0 spiro atoms. The lowest BCUT2D eigenvalue weighted by Crippen LogP contribution is -2.56. The van der Waals surface area contributed by atoms with Crippen LogP contribution in [0, 0.1) is 0 Å². The first-order chi connectivity index (χ1) is 12.5. The van der Waals surface area contributed by atoms with E-state index in [9.17, 15) is 14.4 Å². The van der Waals surface area contributed by atoms with E-state index in [1.54, 1.807) is 45.0 Å². The van der Waals surface area contributed by atoms with Crippen LogP contribution in [0.2, 0.25) is 0 Å². The van der Waals surface area contributed by atoms with Gasteiger partial charge in [-0.05, 0) is 52.7 Å². The largest absolute Gasteiger partial charge is 0.444 e. The smallest absolute Gasteiger partial charge is 0.407 e. The highest BCUT2D eigenvalue weighted by atomic mass is 16.6. The van der Waals surface area contributed by atoms with Crippen LogP contribution in [0.15, 0.2) is 24.3 Å². The van der Waals surface area contributed by atoms with E-state index >= 15 is 0 Å². The van der Waals surface area contributed by atoms with Crippen molar-refractivity contribution in [2.45, 2.75) is 65.5 Å². The Hall–Kier alpha value is -2.57. The molecule has 0 aromatic heterocycles. The lowest BCUT2D eigenvalue weighted by atomic mass is 9.93. The first kappa shape index (κ1) is 22.5. The third-order valence-electron chi connectivity index (χ3n) is 4.23. The lowest BCUT2D eigenvalue weighted by Gasteiger charge is -2.33. The Morgan fingerprint density at radius 1 is 1.07 bits per heavy atom. The first-order valence-electron chi connectivity index (χ1n) is 9.17. The molecule has 150 valence electrons. The number of urea groups is 1. The summed E-state index contributed by atoms with van der Waals surface area (Å²) in [5.74, 6) is -0.0721. The second-order valence-corrected chi connectivity index (χ2v) is 7.56. The number of hydrogen-bond donors (Lipinski definition) is 3. The summed E-state index contributed by atoms with van der Waals surface area (Å²) in [7, 11) is 0. The number of carbonyl (C=O) groups excluding carboxylic acids is 3. The molecule has 0 saturated heterocycles. The number of carbonyl (C=O) groups is 3. The third-order valence-corrected chi connectivity index (χ3v) is 4.23. The number of alkyl carbamates (subject to hydrolysis) is 1. The summed E-state index contributed by atoms with van der Waals surface area (Å²) in [6, 6.07) is 6.35. The highest BCUT2D eigenvalue weighted by Crippen LogP contribution is 2.16. The van der Waals surface area contributed by atoms with Crippen molar-refractivity contribution in [3.8, 4) is 0 Å². The molecule has 0 saturated carbocycles. The minimum atomic E-state index is -0.612. The van der Waals surface area contributed by atoms with Gasteiger partial charge in [0.05, 0.1) is 5.54 Å². The minimum absolute atomic E-state index is 0.0721. The zero-order valence-electron chi connectivity index (χ0n) is 17.1. The molecule has 1 aromatic carbocycles. The van der Waals surface area contributed by atoms with Crippen LogP contribution in [0.1, 0.15) is 64.7 Å². The monoisotopic (exact) mass is 377 g/mol. The molecule has 27 heavy (non-hydrogen) atoms. The van der Waals surface area contributed by atoms with Gasteiger partial charge in [-0.25, -0.2) is 9.59 Å². The average Bonchev–Trinajstić information content (AvgIpc) is 2.57. The maximum atomic E-state index is 12.4. The molecular formula is C20H31N3O4. The number of nitrogens with one attached hydrogen (secondary N) is 3. The summed E-state index contributed by atoms with van der Waals surface area (Å²) in [4.78, 5) is 35.8. The second-order valence-electron chi connectivity index (χ2n) is 7.56. The van der Waals surface area contributed by atoms with Gasteiger partial charge in [0, 0.05) is 17.8 Å². The summed E-state index contributed by atoms with van der Waals surface area (Å²) < 4.78 is 5.25. The summed E-state index contributed by atoms with van der Waals surface area (Å²) >= 11 is 0. The number of benzene rings is 1. The topological polar surface area (TPSA) is 96.5 Å². The molecule has 0 radical (unpaired) electrons. The maximum absolute atomic E-state index is 12.4. The molecule has 3 amide bonds. The zero-order valence-corrected chi connectivity index (χ0v) is 17.1. The van der Waals surface area contributed by atoms with Crippen molar-refractivity contribution in [3.63, 3.8) is 0 Å². The predicted octanol–water partition coefficient (Wildman–Crippen LogP) is 4.09. The number of hydrogen-bond acceptors (Lipinski definition) is 4. The average molecular weight is 377 g/mol. The maximum Gasteiger partial charge on any atom is 0.407 e. The van der Waals surface area contributed by atoms with E-state index in [0.717, 1.165) is 0 Å². The molecule has 0 atom stereocenters. The minimum Gasteiger partial charge on any atom is -0.444 e. The molecule has 0 bridgehead atoms. The Morgan fingerprint density at radius 3 is 2.22 bits per heavy atom. The Kier molecular flexibility index (Phi) is 7.82. The van der Waals surface area contributed by atoms with Gasteiger partial charge in [0.2, 0.25) is 0 Å².